The van der Waals surface area contributed by atoms with Gasteiger partial charge in [0.2, 0.25) is 5.91 Å². The highest BCUT2D eigenvalue weighted by molar-refractivity contribution is 6.35. The summed E-state index contributed by atoms with van der Waals surface area (Å²) in [5.74, 6) is -0.413. The minimum atomic E-state index is -3.03. The van der Waals surface area contributed by atoms with Crippen LogP contribution in [0.5, 0.6) is 5.75 Å². The molecule has 4 aromatic rings. The summed E-state index contributed by atoms with van der Waals surface area (Å²) >= 11 is 6.90. The van der Waals surface area contributed by atoms with E-state index in [4.69, 9.17) is 16.3 Å². The Labute approximate surface area is 270 Å². The average Bonchev–Trinajstić information content (AvgIpc) is 3.43. The van der Waals surface area contributed by atoms with Gasteiger partial charge in [-0.3, -0.25) is 19.6 Å². The first-order valence-corrected chi connectivity index (χ1v) is 15.1. The van der Waals surface area contributed by atoms with E-state index in [1.54, 1.807) is 48.7 Å². The highest BCUT2D eigenvalue weighted by atomic mass is 35.5. The summed E-state index contributed by atoms with van der Waals surface area (Å²) in [5, 5.41) is 18.7. The molecule has 1 aliphatic heterocycles. The molecule has 0 unspecified atom stereocenters. The smallest absolute Gasteiger partial charge is 0.387 e. The molecule has 4 N–H and O–H groups in total. The Morgan fingerprint density at radius 3 is 2.70 bits per heavy atom. The van der Waals surface area contributed by atoms with E-state index in [1.165, 1.54) is 12.3 Å². The lowest BCUT2D eigenvalue weighted by atomic mass is 9.97. The summed E-state index contributed by atoms with van der Waals surface area (Å²) < 4.78 is 31.6. The van der Waals surface area contributed by atoms with Crippen LogP contribution in [-0.2, 0) is 17.8 Å². The number of halogens is 3. The van der Waals surface area contributed by atoms with Crippen molar-refractivity contribution in [2.75, 3.05) is 11.9 Å². The number of amides is 2. The topological polar surface area (TPSA) is 125 Å². The summed E-state index contributed by atoms with van der Waals surface area (Å²) in [6.07, 6.45) is 3.87. The number of nitrogens with one attached hydrogen (secondary N) is 3. The number of ether oxygens (including phenoxy) is 1. The van der Waals surface area contributed by atoms with Crippen LogP contribution in [0, 0.1) is 13.8 Å². The zero-order valence-electron chi connectivity index (χ0n) is 25.0. The molecule has 0 aliphatic carbocycles. The maximum Gasteiger partial charge on any atom is 0.387 e. The van der Waals surface area contributed by atoms with Crippen molar-refractivity contribution in [1.29, 1.82) is 0 Å². The van der Waals surface area contributed by atoms with Crippen LogP contribution in [0.25, 0.3) is 22.4 Å². The second kappa shape index (κ2) is 14.8. The van der Waals surface area contributed by atoms with Gasteiger partial charge in [-0.25, -0.2) is 0 Å². The first-order valence-electron chi connectivity index (χ1n) is 14.7. The van der Waals surface area contributed by atoms with Gasteiger partial charge in [0, 0.05) is 60.3 Å². The van der Waals surface area contributed by atoms with Crippen molar-refractivity contribution < 1.29 is 28.2 Å². The molecular weight excluding hydrogens is 616 g/mol. The molecule has 1 aliphatic rings. The van der Waals surface area contributed by atoms with Gasteiger partial charge in [-0.05, 0) is 67.6 Å². The standard InChI is InChI=1S/C34H33ClF2N5O4/c1-19(43)14-21-6-10-28(40-16-21)33(45)42-27-5-3-4-25(20(27)2)26-12-13-39-32(31(26)35)22-7-8-23(29(15-22)46-34(36)37)17-38-18-24-9-11-30(44)41-24/h3-8,10,12-13,15-16,19,24,34,38,43H,1,9,11,14,17-18H2,2H3,(H,41,44)(H,42,45)/t19-,24-/m0/s1. The lowest BCUT2D eigenvalue weighted by Gasteiger charge is -2.17. The molecule has 1 fully saturated rings. The molecule has 0 spiro atoms. The highest BCUT2D eigenvalue weighted by Crippen LogP contribution is 2.39. The molecule has 5 rings (SSSR count). The van der Waals surface area contributed by atoms with Crippen molar-refractivity contribution in [2.45, 2.75) is 51.5 Å². The second-order valence-corrected chi connectivity index (χ2v) is 11.4. The van der Waals surface area contributed by atoms with E-state index in [-0.39, 0.29) is 29.9 Å². The summed E-state index contributed by atoms with van der Waals surface area (Å²) in [7, 11) is 0. The van der Waals surface area contributed by atoms with Gasteiger partial charge in [-0.15, -0.1) is 0 Å². The van der Waals surface area contributed by atoms with Gasteiger partial charge in [0.25, 0.3) is 5.91 Å². The predicted octanol–water partition coefficient (Wildman–Crippen LogP) is 5.73. The molecule has 3 heterocycles. The lowest BCUT2D eigenvalue weighted by Crippen LogP contribution is -2.35. The number of benzene rings is 2. The fraction of sp³-hybridized carbons (Fsp3) is 0.265. The summed E-state index contributed by atoms with van der Waals surface area (Å²) in [6, 6.07) is 15.4. The molecule has 0 saturated carbocycles. The van der Waals surface area contributed by atoms with Crippen molar-refractivity contribution in [3.8, 4) is 28.1 Å². The minimum Gasteiger partial charge on any atom is -0.434 e. The first-order chi connectivity index (χ1) is 22.1. The SMILES string of the molecule is [CH2][C@H](O)Cc1ccc(C(=O)Nc2cccc(-c3ccnc(-c4ccc(CNC[C@@H]5CCC(=O)N5)c(OC(F)F)c4)c3Cl)c2C)nc1. The van der Waals surface area contributed by atoms with Crippen molar-refractivity contribution in [3.05, 3.63) is 101 Å². The number of hydrogen-bond acceptors (Lipinski definition) is 7. The zero-order valence-corrected chi connectivity index (χ0v) is 25.8. The Hall–Kier alpha value is -4.45. The maximum absolute atomic E-state index is 13.4. The second-order valence-electron chi connectivity index (χ2n) is 11.0. The quantitative estimate of drug-likeness (QED) is 0.155. The summed E-state index contributed by atoms with van der Waals surface area (Å²) in [6.45, 7) is 3.12. The maximum atomic E-state index is 13.4. The van der Waals surface area contributed by atoms with Gasteiger partial charge in [0.1, 0.15) is 11.4 Å². The van der Waals surface area contributed by atoms with Crippen LogP contribution in [0.2, 0.25) is 5.02 Å². The number of aliphatic hydroxyl groups excluding tert-OH is 1. The van der Waals surface area contributed by atoms with E-state index in [2.05, 4.69) is 32.8 Å². The summed E-state index contributed by atoms with van der Waals surface area (Å²) in [4.78, 5) is 33.1. The highest BCUT2D eigenvalue weighted by Gasteiger charge is 2.21. The van der Waals surface area contributed by atoms with Crippen molar-refractivity contribution in [1.82, 2.24) is 20.6 Å². The number of anilines is 1. The number of rotatable bonds is 12. The zero-order chi connectivity index (χ0) is 32.8. The van der Waals surface area contributed by atoms with Gasteiger partial charge in [-0.2, -0.15) is 8.78 Å². The molecule has 9 nitrogen and oxygen atoms in total. The molecule has 2 aromatic heterocycles. The van der Waals surface area contributed by atoms with Gasteiger partial charge in [-0.1, -0.05) is 41.9 Å². The van der Waals surface area contributed by atoms with E-state index in [0.717, 1.165) is 23.1 Å². The third-order valence-corrected chi connectivity index (χ3v) is 8.02. The van der Waals surface area contributed by atoms with E-state index in [9.17, 15) is 23.5 Å². The van der Waals surface area contributed by atoms with E-state index in [1.807, 2.05) is 13.0 Å². The van der Waals surface area contributed by atoms with Crippen LogP contribution < -0.4 is 20.7 Å². The number of alkyl halides is 2. The number of aromatic nitrogens is 2. The van der Waals surface area contributed by atoms with Crippen molar-refractivity contribution in [3.63, 3.8) is 0 Å². The van der Waals surface area contributed by atoms with E-state index >= 15 is 0 Å². The molecule has 239 valence electrons. The summed E-state index contributed by atoms with van der Waals surface area (Å²) in [5.41, 5.74) is 5.01. The first kappa shape index (κ1) is 32.9. The Morgan fingerprint density at radius 1 is 1.17 bits per heavy atom. The molecular formula is C34H33ClF2N5O4. The fourth-order valence-electron chi connectivity index (χ4n) is 5.32. The van der Waals surface area contributed by atoms with Crippen molar-refractivity contribution in [2.24, 2.45) is 0 Å². The Kier molecular flexibility index (Phi) is 10.6. The van der Waals surface area contributed by atoms with Crippen LogP contribution >= 0.6 is 11.6 Å². The third kappa shape index (κ3) is 8.03. The lowest BCUT2D eigenvalue weighted by molar-refractivity contribution is -0.119. The molecule has 1 saturated heterocycles. The molecule has 2 aromatic carbocycles. The minimum absolute atomic E-state index is 0.00237. The largest absolute Gasteiger partial charge is 0.434 e. The number of aliphatic hydroxyl groups is 1. The van der Waals surface area contributed by atoms with Crippen LogP contribution in [-0.4, -0.2) is 52.2 Å². The Bertz CT molecular complexity index is 1720. The van der Waals surface area contributed by atoms with Gasteiger partial charge >= 0.3 is 6.61 Å². The Balaban J connectivity index is 1.37. The van der Waals surface area contributed by atoms with E-state index < -0.39 is 18.6 Å². The van der Waals surface area contributed by atoms with Crippen LogP contribution in [0.4, 0.5) is 14.5 Å². The van der Waals surface area contributed by atoms with Crippen LogP contribution in [0.3, 0.4) is 0 Å². The molecule has 2 amide bonds. The predicted molar refractivity (Wildman–Crippen MR) is 172 cm³/mol. The van der Waals surface area contributed by atoms with Gasteiger partial charge < -0.3 is 25.8 Å². The number of carbonyl (C=O) groups excluding carboxylic acids is 2. The van der Waals surface area contributed by atoms with Crippen LogP contribution in [0.15, 0.2) is 67.0 Å². The molecule has 1 radical (unpaired) electrons. The molecule has 46 heavy (non-hydrogen) atoms. The fourth-order valence-corrected chi connectivity index (χ4v) is 5.64. The number of carbonyl (C=O) groups is 2. The third-order valence-electron chi connectivity index (χ3n) is 7.64. The monoisotopic (exact) mass is 648 g/mol. The van der Waals surface area contributed by atoms with Crippen molar-refractivity contribution >= 4 is 29.1 Å². The molecule has 0 bridgehead atoms. The van der Waals surface area contributed by atoms with Gasteiger partial charge in [0.05, 0.1) is 16.8 Å². The molecule has 2 atom stereocenters. The Morgan fingerprint density at radius 2 is 2.00 bits per heavy atom. The average molecular weight is 649 g/mol. The normalized spacial score (nSPS) is 15.1. The van der Waals surface area contributed by atoms with E-state index in [0.29, 0.717) is 52.5 Å². The number of nitrogens with zero attached hydrogens (tertiary/aromatic N) is 2. The number of pyridine rings is 2. The number of hydrogen-bond donors (Lipinski definition) is 4. The molecule has 12 heteroatoms. The van der Waals surface area contributed by atoms with Gasteiger partial charge in [0.15, 0.2) is 0 Å². The van der Waals surface area contributed by atoms with Crippen LogP contribution in [0.1, 0.15) is 40.0 Å².